The lowest BCUT2D eigenvalue weighted by atomic mass is 10.2. The van der Waals surface area contributed by atoms with Crippen LogP contribution in [-0.4, -0.2) is 30.2 Å². The summed E-state index contributed by atoms with van der Waals surface area (Å²) >= 11 is 0. The van der Waals surface area contributed by atoms with Crippen molar-refractivity contribution in [1.82, 2.24) is 5.06 Å². The molecule has 1 aliphatic rings. The number of rotatable bonds is 2. The third-order valence-electron chi connectivity index (χ3n) is 1.91. The molecule has 0 spiro atoms. The molecule has 70 valence electrons. The minimum Gasteiger partial charge on any atom is -0.366 e. The highest BCUT2D eigenvalue weighted by Crippen LogP contribution is 2.08. The Morgan fingerprint density at radius 1 is 1.42 bits per heavy atom. The van der Waals surface area contributed by atoms with E-state index in [9.17, 15) is 4.79 Å². The lowest BCUT2D eigenvalue weighted by molar-refractivity contribution is -0.195. The van der Waals surface area contributed by atoms with Crippen LogP contribution in [0.15, 0.2) is 0 Å². The maximum absolute atomic E-state index is 11.0. The Morgan fingerprint density at radius 2 is 2.00 bits per heavy atom. The predicted octanol–water partition coefficient (Wildman–Crippen LogP) is 0.278. The lowest BCUT2D eigenvalue weighted by Crippen LogP contribution is -2.38. The molecule has 4 heteroatoms. The Bertz CT molecular complexity index is 153. The van der Waals surface area contributed by atoms with Crippen LogP contribution < -0.4 is 5.73 Å². The van der Waals surface area contributed by atoms with Crippen LogP contribution in [0.2, 0.25) is 0 Å². The van der Waals surface area contributed by atoms with Gasteiger partial charge in [-0.1, -0.05) is 6.42 Å². The first-order valence-electron chi connectivity index (χ1n) is 4.42. The Morgan fingerprint density at radius 3 is 2.50 bits per heavy atom. The van der Waals surface area contributed by atoms with E-state index in [1.165, 1.54) is 6.42 Å². The molecule has 0 aromatic carbocycles. The molecule has 2 N–H and O–H groups in total. The number of carbonyl (C=O) groups is 1. The van der Waals surface area contributed by atoms with Gasteiger partial charge in [0.25, 0.3) is 0 Å². The van der Waals surface area contributed by atoms with Crippen molar-refractivity contribution < 1.29 is 9.63 Å². The molecule has 0 saturated carbocycles. The first-order valence-corrected chi connectivity index (χ1v) is 4.42. The summed E-state index contributed by atoms with van der Waals surface area (Å²) in [4.78, 5) is 16.0. The summed E-state index contributed by atoms with van der Waals surface area (Å²) in [6.07, 6.45) is 3.44. The molecule has 4 nitrogen and oxygen atoms in total. The first kappa shape index (κ1) is 9.48. The van der Waals surface area contributed by atoms with Crippen LogP contribution in [0, 0.1) is 0 Å². The lowest BCUT2D eigenvalue weighted by Gasteiger charge is -2.25. The fourth-order valence-electron chi connectivity index (χ4n) is 1.17. The molecule has 0 bridgehead atoms. The molecule has 0 aromatic heterocycles. The second-order valence-electron chi connectivity index (χ2n) is 3.19. The van der Waals surface area contributed by atoms with Crippen LogP contribution in [-0.2, 0) is 9.63 Å². The standard InChI is InChI=1S/C8H16N2O2/c1-7(9)8(11)12-10-5-3-2-4-6-10/h7H,2-6,9H2,1H3/t7-/m0/s1. The van der Waals surface area contributed by atoms with E-state index in [-0.39, 0.29) is 5.97 Å². The molecule has 1 aliphatic heterocycles. The van der Waals surface area contributed by atoms with Gasteiger partial charge < -0.3 is 10.6 Å². The summed E-state index contributed by atoms with van der Waals surface area (Å²) in [5.41, 5.74) is 5.35. The number of hydrogen-bond acceptors (Lipinski definition) is 4. The van der Waals surface area contributed by atoms with Gasteiger partial charge in [-0.25, -0.2) is 4.79 Å². The maximum Gasteiger partial charge on any atom is 0.341 e. The SMILES string of the molecule is C[C@H](N)C(=O)ON1CCCCC1. The Balaban J connectivity index is 2.24. The quantitative estimate of drug-likeness (QED) is 0.650. The number of piperidine rings is 1. The fourth-order valence-corrected chi connectivity index (χ4v) is 1.17. The average Bonchev–Trinajstić information content (AvgIpc) is 2.06. The smallest absolute Gasteiger partial charge is 0.341 e. The Hall–Kier alpha value is -0.610. The zero-order chi connectivity index (χ0) is 8.97. The Labute approximate surface area is 72.6 Å². The molecule has 0 aliphatic carbocycles. The number of hydrogen-bond donors (Lipinski definition) is 1. The van der Waals surface area contributed by atoms with E-state index in [1.807, 2.05) is 0 Å². The van der Waals surface area contributed by atoms with Crippen LogP contribution in [0.25, 0.3) is 0 Å². The number of nitrogens with zero attached hydrogens (tertiary/aromatic N) is 1. The molecular weight excluding hydrogens is 156 g/mol. The molecule has 0 amide bonds. The summed E-state index contributed by atoms with van der Waals surface area (Å²) in [7, 11) is 0. The molecule has 0 unspecified atom stereocenters. The summed E-state index contributed by atoms with van der Waals surface area (Å²) in [5, 5.41) is 1.70. The minimum atomic E-state index is -0.521. The number of carbonyl (C=O) groups excluding carboxylic acids is 1. The van der Waals surface area contributed by atoms with Crippen molar-refractivity contribution >= 4 is 5.97 Å². The van der Waals surface area contributed by atoms with Crippen molar-refractivity contribution in [2.45, 2.75) is 32.2 Å². The highest BCUT2D eigenvalue weighted by Gasteiger charge is 2.17. The molecule has 1 rings (SSSR count). The van der Waals surface area contributed by atoms with Crippen molar-refractivity contribution in [3.63, 3.8) is 0 Å². The van der Waals surface area contributed by atoms with Gasteiger partial charge in [0.2, 0.25) is 0 Å². The van der Waals surface area contributed by atoms with Crippen LogP contribution in [0.3, 0.4) is 0 Å². The molecule has 0 radical (unpaired) electrons. The zero-order valence-corrected chi connectivity index (χ0v) is 7.45. The zero-order valence-electron chi connectivity index (χ0n) is 7.45. The summed E-state index contributed by atoms with van der Waals surface area (Å²) in [6, 6.07) is -0.521. The number of hydroxylamine groups is 2. The molecular formula is C8H16N2O2. The van der Waals surface area contributed by atoms with Gasteiger partial charge in [-0.2, -0.15) is 0 Å². The van der Waals surface area contributed by atoms with Crippen molar-refractivity contribution in [3.05, 3.63) is 0 Å². The van der Waals surface area contributed by atoms with Gasteiger partial charge in [0.05, 0.1) is 0 Å². The molecule has 1 fully saturated rings. The second kappa shape index (κ2) is 4.42. The molecule has 1 saturated heterocycles. The van der Waals surface area contributed by atoms with E-state index < -0.39 is 6.04 Å². The van der Waals surface area contributed by atoms with Crippen molar-refractivity contribution in [3.8, 4) is 0 Å². The van der Waals surface area contributed by atoms with Crippen LogP contribution >= 0.6 is 0 Å². The maximum atomic E-state index is 11.0. The van der Waals surface area contributed by atoms with Gasteiger partial charge in [0.15, 0.2) is 0 Å². The third-order valence-corrected chi connectivity index (χ3v) is 1.91. The minimum absolute atomic E-state index is 0.336. The van der Waals surface area contributed by atoms with Crippen LogP contribution in [0.1, 0.15) is 26.2 Å². The molecule has 12 heavy (non-hydrogen) atoms. The first-order chi connectivity index (χ1) is 5.70. The summed E-state index contributed by atoms with van der Waals surface area (Å²) in [5.74, 6) is -0.336. The van der Waals surface area contributed by atoms with E-state index in [2.05, 4.69) is 0 Å². The Kier molecular flexibility index (Phi) is 3.49. The van der Waals surface area contributed by atoms with Crippen molar-refractivity contribution in [2.24, 2.45) is 5.73 Å². The van der Waals surface area contributed by atoms with E-state index in [4.69, 9.17) is 10.6 Å². The molecule has 1 atom stereocenters. The average molecular weight is 172 g/mol. The van der Waals surface area contributed by atoms with E-state index in [0.29, 0.717) is 0 Å². The van der Waals surface area contributed by atoms with Crippen molar-refractivity contribution in [1.29, 1.82) is 0 Å². The summed E-state index contributed by atoms with van der Waals surface area (Å²) in [6.45, 7) is 3.32. The van der Waals surface area contributed by atoms with Crippen LogP contribution in [0.4, 0.5) is 0 Å². The van der Waals surface area contributed by atoms with E-state index in [1.54, 1.807) is 12.0 Å². The van der Waals surface area contributed by atoms with Crippen LogP contribution in [0.5, 0.6) is 0 Å². The molecule has 1 heterocycles. The van der Waals surface area contributed by atoms with E-state index in [0.717, 1.165) is 25.9 Å². The van der Waals surface area contributed by atoms with Crippen molar-refractivity contribution in [2.75, 3.05) is 13.1 Å². The fraction of sp³-hybridized carbons (Fsp3) is 0.875. The normalized spacial score (nSPS) is 21.8. The third kappa shape index (κ3) is 2.79. The largest absolute Gasteiger partial charge is 0.366 e. The predicted molar refractivity (Wildman–Crippen MR) is 45.2 cm³/mol. The summed E-state index contributed by atoms with van der Waals surface area (Å²) < 4.78 is 0. The topological polar surface area (TPSA) is 55.6 Å². The van der Waals surface area contributed by atoms with Gasteiger partial charge in [0.1, 0.15) is 6.04 Å². The van der Waals surface area contributed by atoms with Gasteiger partial charge in [-0.05, 0) is 19.8 Å². The van der Waals surface area contributed by atoms with Gasteiger partial charge in [0, 0.05) is 13.1 Å². The highest BCUT2D eigenvalue weighted by atomic mass is 16.7. The van der Waals surface area contributed by atoms with Gasteiger partial charge in [-0.15, -0.1) is 5.06 Å². The van der Waals surface area contributed by atoms with Gasteiger partial charge >= 0.3 is 5.97 Å². The monoisotopic (exact) mass is 172 g/mol. The van der Waals surface area contributed by atoms with Gasteiger partial charge in [-0.3, -0.25) is 0 Å². The number of nitrogens with two attached hydrogens (primary N) is 1. The van der Waals surface area contributed by atoms with E-state index >= 15 is 0 Å². The highest BCUT2D eigenvalue weighted by molar-refractivity contribution is 5.74. The second-order valence-corrected chi connectivity index (χ2v) is 3.19. The molecule has 0 aromatic rings.